The Morgan fingerprint density at radius 2 is 1.96 bits per heavy atom. The third-order valence-corrected chi connectivity index (χ3v) is 6.29. The number of carbonyl (C=O) groups is 1. The number of aromatic nitrogens is 1. The van der Waals surface area contributed by atoms with Crippen LogP contribution in [0.1, 0.15) is 19.3 Å². The number of hydrogen-bond acceptors (Lipinski definition) is 3. The zero-order valence-corrected chi connectivity index (χ0v) is 14.2. The Morgan fingerprint density at radius 3 is 2.64 bits per heavy atom. The minimum absolute atomic E-state index is 0.277. The number of aliphatic carboxylic acids is 1. The van der Waals surface area contributed by atoms with E-state index in [1.54, 1.807) is 24.4 Å². The number of nitrogens with zero attached hydrogens (tertiary/aromatic N) is 1. The highest BCUT2D eigenvalue weighted by Crippen LogP contribution is 2.49. The fraction of sp³-hybridized carbons (Fsp3) is 0.200. The molecule has 0 radical (unpaired) electrons. The molecular formula is C20H16FNO2S. The van der Waals surface area contributed by atoms with E-state index in [0.29, 0.717) is 18.4 Å². The van der Waals surface area contributed by atoms with Gasteiger partial charge in [0.15, 0.2) is 0 Å². The van der Waals surface area contributed by atoms with Gasteiger partial charge < -0.3 is 5.11 Å². The first-order valence-electron chi connectivity index (χ1n) is 8.15. The molecule has 1 aliphatic carbocycles. The van der Waals surface area contributed by atoms with Crippen molar-refractivity contribution in [1.82, 2.24) is 4.98 Å². The highest BCUT2D eigenvalue weighted by Gasteiger charge is 2.45. The number of fused-ring (bicyclic) bond motifs is 1. The molecule has 2 aromatic carbocycles. The van der Waals surface area contributed by atoms with Crippen molar-refractivity contribution < 1.29 is 14.3 Å². The Balaban J connectivity index is 1.82. The van der Waals surface area contributed by atoms with Gasteiger partial charge in [0.1, 0.15) is 10.6 Å². The van der Waals surface area contributed by atoms with Gasteiger partial charge in [-0.15, -0.1) is 11.8 Å². The molecule has 0 atom stereocenters. The normalized spacial score (nSPS) is 15.7. The number of benzene rings is 2. The zero-order valence-electron chi connectivity index (χ0n) is 13.4. The molecule has 1 aliphatic rings. The first-order chi connectivity index (χ1) is 12.1. The molecule has 0 aliphatic heterocycles. The summed E-state index contributed by atoms with van der Waals surface area (Å²) in [6.45, 7) is 0. The van der Waals surface area contributed by atoms with Gasteiger partial charge in [0, 0.05) is 22.0 Å². The maximum atomic E-state index is 14.1. The highest BCUT2D eigenvalue weighted by molar-refractivity contribution is 8.01. The van der Waals surface area contributed by atoms with Gasteiger partial charge in [-0.1, -0.05) is 24.3 Å². The lowest BCUT2D eigenvalue weighted by Crippen LogP contribution is -2.41. The topological polar surface area (TPSA) is 50.2 Å². The van der Waals surface area contributed by atoms with Crippen LogP contribution in [0, 0.1) is 5.82 Å². The Bertz CT molecular complexity index is 969. The molecule has 1 heterocycles. The summed E-state index contributed by atoms with van der Waals surface area (Å²) in [5, 5.41) is 10.5. The van der Waals surface area contributed by atoms with E-state index in [2.05, 4.69) is 4.98 Å². The van der Waals surface area contributed by atoms with Crippen molar-refractivity contribution in [1.29, 1.82) is 0 Å². The quantitative estimate of drug-likeness (QED) is 0.705. The maximum Gasteiger partial charge on any atom is 0.320 e. The molecule has 1 saturated carbocycles. The molecule has 0 unspecified atom stereocenters. The van der Waals surface area contributed by atoms with Crippen LogP contribution in [-0.4, -0.2) is 20.8 Å². The van der Waals surface area contributed by atoms with Crippen molar-refractivity contribution >= 4 is 28.6 Å². The van der Waals surface area contributed by atoms with Crippen LogP contribution in [-0.2, 0) is 4.79 Å². The molecule has 0 amide bonds. The molecule has 3 aromatic rings. The zero-order chi connectivity index (χ0) is 17.4. The van der Waals surface area contributed by atoms with Crippen molar-refractivity contribution in [3.8, 4) is 11.1 Å². The third kappa shape index (κ3) is 2.78. The number of carboxylic acids is 1. The molecular weight excluding hydrogens is 337 g/mol. The van der Waals surface area contributed by atoms with Crippen LogP contribution < -0.4 is 0 Å². The lowest BCUT2D eigenvalue weighted by Gasteiger charge is -2.37. The van der Waals surface area contributed by atoms with E-state index in [-0.39, 0.29) is 5.82 Å². The number of carboxylic acid groups (broad SMARTS) is 1. The molecule has 126 valence electrons. The number of pyridine rings is 1. The summed E-state index contributed by atoms with van der Waals surface area (Å²) >= 11 is 1.39. The van der Waals surface area contributed by atoms with Gasteiger partial charge in [-0.2, -0.15) is 0 Å². The van der Waals surface area contributed by atoms with Gasteiger partial charge in [0.2, 0.25) is 0 Å². The van der Waals surface area contributed by atoms with Crippen molar-refractivity contribution in [2.75, 3.05) is 0 Å². The van der Waals surface area contributed by atoms with E-state index in [1.807, 2.05) is 24.3 Å². The summed E-state index contributed by atoms with van der Waals surface area (Å²) < 4.78 is 13.4. The summed E-state index contributed by atoms with van der Waals surface area (Å²) in [6, 6.07) is 14.1. The fourth-order valence-corrected chi connectivity index (χ4v) is 4.54. The van der Waals surface area contributed by atoms with Gasteiger partial charge in [-0.25, -0.2) is 4.39 Å². The molecule has 3 nitrogen and oxygen atoms in total. The molecule has 0 saturated heterocycles. The Labute approximate surface area is 148 Å². The monoisotopic (exact) mass is 353 g/mol. The lowest BCUT2D eigenvalue weighted by molar-refractivity contribution is -0.142. The lowest BCUT2D eigenvalue weighted by atomic mass is 9.84. The molecule has 25 heavy (non-hydrogen) atoms. The molecule has 1 N–H and O–H groups in total. The van der Waals surface area contributed by atoms with Crippen molar-refractivity contribution in [3.63, 3.8) is 0 Å². The summed E-state index contributed by atoms with van der Waals surface area (Å²) in [5.74, 6) is -1.04. The van der Waals surface area contributed by atoms with Gasteiger partial charge in [0.25, 0.3) is 0 Å². The molecule has 1 aromatic heterocycles. The smallest absolute Gasteiger partial charge is 0.320 e. The third-order valence-electron chi connectivity index (χ3n) is 4.74. The van der Waals surface area contributed by atoms with Crippen molar-refractivity contribution in [2.45, 2.75) is 28.9 Å². The summed E-state index contributed by atoms with van der Waals surface area (Å²) in [6.07, 6.45) is 3.97. The van der Waals surface area contributed by atoms with Gasteiger partial charge >= 0.3 is 5.97 Å². The van der Waals surface area contributed by atoms with E-state index in [0.717, 1.165) is 27.8 Å². The van der Waals surface area contributed by atoms with E-state index >= 15 is 0 Å². The first kappa shape index (κ1) is 16.1. The number of rotatable bonds is 4. The second-order valence-corrected chi connectivity index (χ2v) is 7.70. The van der Waals surface area contributed by atoms with Crippen molar-refractivity contribution in [2.24, 2.45) is 0 Å². The van der Waals surface area contributed by atoms with Crippen LogP contribution >= 0.6 is 11.8 Å². The van der Waals surface area contributed by atoms with E-state index in [1.165, 1.54) is 17.8 Å². The Kier molecular flexibility index (Phi) is 3.96. The van der Waals surface area contributed by atoms with E-state index < -0.39 is 10.7 Å². The molecule has 5 heteroatoms. The van der Waals surface area contributed by atoms with Crippen LogP contribution in [0.3, 0.4) is 0 Å². The second kappa shape index (κ2) is 6.15. The summed E-state index contributed by atoms with van der Waals surface area (Å²) in [5.41, 5.74) is 2.07. The predicted octanol–water partition coefficient (Wildman–Crippen LogP) is 5.14. The first-order valence-corrected chi connectivity index (χ1v) is 8.97. The van der Waals surface area contributed by atoms with E-state index in [4.69, 9.17) is 0 Å². The van der Waals surface area contributed by atoms with Crippen LogP contribution in [0.15, 0.2) is 59.6 Å². The van der Waals surface area contributed by atoms with Crippen LogP contribution in [0.5, 0.6) is 0 Å². The number of halogens is 1. The van der Waals surface area contributed by atoms with Crippen LogP contribution in [0.4, 0.5) is 4.39 Å². The van der Waals surface area contributed by atoms with Crippen LogP contribution in [0.25, 0.3) is 22.0 Å². The summed E-state index contributed by atoms with van der Waals surface area (Å²) in [7, 11) is 0. The Hall–Kier alpha value is -2.40. The van der Waals surface area contributed by atoms with Gasteiger partial charge in [0.05, 0.1) is 5.52 Å². The maximum absolute atomic E-state index is 14.1. The molecule has 1 fully saturated rings. The van der Waals surface area contributed by atoms with Crippen LogP contribution in [0.2, 0.25) is 0 Å². The minimum Gasteiger partial charge on any atom is -0.480 e. The SMILES string of the molecule is O=C(O)C1(Sc2ccnc3ccc(-c4ccccc4F)cc23)CCC1. The van der Waals surface area contributed by atoms with Gasteiger partial charge in [-0.3, -0.25) is 9.78 Å². The standard InChI is InChI=1S/C20H16FNO2S/c21-16-5-2-1-4-14(16)13-6-7-17-15(12-13)18(8-11-22-17)25-20(19(23)24)9-3-10-20/h1-2,4-8,11-12H,3,9-10H2,(H,23,24). The highest BCUT2D eigenvalue weighted by atomic mass is 32.2. The van der Waals surface area contributed by atoms with E-state index in [9.17, 15) is 14.3 Å². The largest absolute Gasteiger partial charge is 0.480 e. The fourth-order valence-electron chi connectivity index (χ4n) is 3.14. The second-order valence-electron chi connectivity index (χ2n) is 6.28. The minimum atomic E-state index is -0.765. The average Bonchev–Trinajstić information content (AvgIpc) is 2.58. The van der Waals surface area contributed by atoms with Crippen molar-refractivity contribution in [3.05, 3.63) is 60.5 Å². The average molecular weight is 353 g/mol. The van der Waals surface area contributed by atoms with Gasteiger partial charge in [-0.05, 0) is 49.1 Å². The number of hydrogen-bond donors (Lipinski definition) is 1. The number of thioether (sulfide) groups is 1. The predicted molar refractivity (Wildman–Crippen MR) is 97.2 cm³/mol. The Morgan fingerprint density at radius 1 is 1.16 bits per heavy atom. The molecule has 0 spiro atoms. The molecule has 0 bridgehead atoms. The summed E-state index contributed by atoms with van der Waals surface area (Å²) in [4.78, 5) is 16.9. The molecule has 4 rings (SSSR count).